The van der Waals surface area contributed by atoms with Gasteiger partial charge in [-0.1, -0.05) is 42.1 Å². The van der Waals surface area contributed by atoms with Crippen molar-refractivity contribution in [3.05, 3.63) is 82.4 Å². The number of amidine groups is 1. The summed E-state index contributed by atoms with van der Waals surface area (Å²) in [4.78, 5) is 33.1. The Morgan fingerprint density at radius 2 is 1.70 bits per heavy atom. The van der Waals surface area contributed by atoms with Crippen molar-refractivity contribution in [1.29, 1.82) is 0 Å². The number of hydrogen-bond acceptors (Lipinski definition) is 6. The average Bonchev–Trinajstić information content (AvgIpc) is 3.41. The van der Waals surface area contributed by atoms with Crippen LogP contribution in [0.4, 0.5) is 11.4 Å². The number of benzene rings is 3. The lowest BCUT2D eigenvalue weighted by molar-refractivity contribution is -0.128. The molecule has 0 bridgehead atoms. The summed E-state index contributed by atoms with van der Waals surface area (Å²) < 4.78 is 10.9. The number of hydrogen-bond donors (Lipinski definition) is 1. The molecule has 190 valence electrons. The Morgan fingerprint density at radius 1 is 1.00 bits per heavy atom. The molecule has 0 radical (unpaired) electrons. The van der Waals surface area contributed by atoms with Crippen LogP contribution in [0.1, 0.15) is 34.2 Å². The number of nitrogens with zero attached hydrogens (tertiary/aromatic N) is 2. The predicted octanol–water partition coefficient (Wildman–Crippen LogP) is 5.81. The molecule has 1 N–H and O–H groups in total. The molecule has 7 nitrogen and oxygen atoms in total. The number of aliphatic imine (C=N–C) groups is 1. The number of amides is 2. The van der Waals surface area contributed by atoms with Gasteiger partial charge in [0.05, 0.1) is 12.2 Å². The monoisotopic (exact) mass is 515 g/mol. The third-order valence-corrected chi connectivity index (χ3v) is 7.52. The third-order valence-electron chi connectivity index (χ3n) is 6.35. The van der Waals surface area contributed by atoms with Crippen LogP contribution >= 0.6 is 11.8 Å². The zero-order valence-corrected chi connectivity index (χ0v) is 22.1. The van der Waals surface area contributed by atoms with Crippen LogP contribution in [0.15, 0.2) is 59.6 Å². The van der Waals surface area contributed by atoms with Gasteiger partial charge in [-0.3, -0.25) is 14.5 Å². The lowest BCUT2D eigenvalue weighted by Crippen LogP contribution is -2.33. The van der Waals surface area contributed by atoms with Gasteiger partial charge in [0.1, 0.15) is 5.25 Å². The number of carbonyl (C=O) groups is 2. The number of nitrogens with one attached hydrogen (secondary N) is 1. The fraction of sp³-hybridized carbons (Fsp3) is 0.276. The second-order valence-corrected chi connectivity index (χ2v) is 10.6. The molecule has 0 spiro atoms. The Morgan fingerprint density at radius 3 is 2.43 bits per heavy atom. The van der Waals surface area contributed by atoms with E-state index in [1.165, 1.54) is 11.8 Å². The van der Waals surface area contributed by atoms with E-state index in [1.54, 1.807) is 4.90 Å². The van der Waals surface area contributed by atoms with Gasteiger partial charge < -0.3 is 14.8 Å². The quantitative estimate of drug-likeness (QED) is 0.448. The minimum absolute atomic E-state index is 0.0563. The van der Waals surface area contributed by atoms with E-state index in [0.717, 1.165) is 39.2 Å². The van der Waals surface area contributed by atoms with Gasteiger partial charge in [0.25, 0.3) is 0 Å². The van der Waals surface area contributed by atoms with Crippen LogP contribution in [0.2, 0.25) is 0 Å². The highest BCUT2D eigenvalue weighted by atomic mass is 32.2. The van der Waals surface area contributed by atoms with Crippen molar-refractivity contribution in [2.45, 2.75) is 45.9 Å². The van der Waals surface area contributed by atoms with Crippen molar-refractivity contribution in [2.75, 3.05) is 12.1 Å². The van der Waals surface area contributed by atoms with Gasteiger partial charge in [-0.25, -0.2) is 4.99 Å². The molecule has 1 saturated heterocycles. The Bertz CT molecular complexity index is 1380. The summed E-state index contributed by atoms with van der Waals surface area (Å²) in [6, 6.07) is 17.6. The fourth-order valence-electron chi connectivity index (χ4n) is 4.59. The summed E-state index contributed by atoms with van der Waals surface area (Å²) in [6.45, 7) is 8.47. The SMILES string of the molecule is Cc1cc(C)cc(N=C2SC(CC(=O)Nc3c(C)cccc3C)C(=O)N2Cc2ccc3c(c2)OCO3)c1. The number of fused-ring (bicyclic) bond motifs is 1. The van der Waals surface area contributed by atoms with Crippen LogP contribution < -0.4 is 14.8 Å². The number of aryl methyl sites for hydroxylation is 4. The second-order valence-electron chi connectivity index (χ2n) is 9.48. The zero-order chi connectivity index (χ0) is 26.1. The first-order chi connectivity index (χ1) is 17.8. The second kappa shape index (κ2) is 10.3. The average molecular weight is 516 g/mol. The molecule has 1 unspecified atom stereocenters. The summed E-state index contributed by atoms with van der Waals surface area (Å²) in [7, 11) is 0. The van der Waals surface area contributed by atoms with Crippen molar-refractivity contribution >= 4 is 40.1 Å². The summed E-state index contributed by atoms with van der Waals surface area (Å²) in [5.41, 5.74) is 6.64. The molecule has 0 aromatic heterocycles. The Kier molecular flexibility index (Phi) is 6.93. The first-order valence-electron chi connectivity index (χ1n) is 12.2. The lowest BCUT2D eigenvalue weighted by Gasteiger charge is -2.17. The number of ether oxygens (including phenoxy) is 2. The smallest absolute Gasteiger partial charge is 0.242 e. The largest absolute Gasteiger partial charge is 0.454 e. The highest BCUT2D eigenvalue weighted by Crippen LogP contribution is 2.36. The normalized spacial score (nSPS) is 17.5. The topological polar surface area (TPSA) is 80.2 Å². The van der Waals surface area contributed by atoms with E-state index in [2.05, 4.69) is 11.4 Å². The molecule has 8 heteroatoms. The first-order valence-corrected chi connectivity index (χ1v) is 13.0. The van der Waals surface area contributed by atoms with E-state index in [1.807, 2.05) is 76.2 Å². The standard InChI is InChI=1S/C29H29N3O4S/c1-17-10-18(2)12-22(11-17)30-29-32(15-21-8-9-23-24(13-21)36-16-35-23)28(34)25(37-29)14-26(33)31-27-19(3)6-5-7-20(27)4/h5-13,25H,14-16H2,1-4H3,(H,31,33). The highest BCUT2D eigenvalue weighted by Gasteiger charge is 2.39. The van der Waals surface area contributed by atoms with E-state index in [0.29, 0.717) is 23.2 Å². The molecule has 1 fully saturated rings. The molecule has 1 atom stereocenters. The molecule has 3 aromatic rings. The van der Waals surface area contributed by atoms with Gasteiger partial charge in [0.15, 0.2) is 16.7 Å². The number of para-hydroxylation sites is 1. The van der Waals surface area contributed by atoms with Crippen LogP contribution in [0.3, 0.4) is 0 Å². The van der Waals surface area contributed by atoms with Gasteiger partial charge in [-0.05, 0) is 79.8 Å². The molecule has 2 aliphatic heterocycles. The van der Waals surface area contributed by atoms with Gasteiger partial charge in [-0.2, -0.15) is 0 Å². The maximum Gasteiger partial charge on any atom is 0.242 e. The number of anilines is 1. The van der Waals surface area contributed by atoms with Crippen molar-refractivity contribution in [3.8, 4) is 11.5 Å². The van der Waals surface area contributed by atoms with E-state index in [-0.39, 0.29) is 25.0 Å². The van der Waals surface area contributed by atoms with E-state index in [9.17, 15) is 9.59 Å². The minimum Gasteiger partial charge on any atom is -0.454 e. The third kappa shape index (κ3) is 5.49. The van der Waals surface area contributed by atoms with Crippen molar-refractivity contribution in [3.63, 3.8) is 0 Å². The lowest BCUT2D eigenvalue weighted by atomic mass is 10.1. The maximum atomic E-state index is 13.6. The summed E-state index contributed by atoms with van der Waals surface area (Å²) in [5.74, 6) is 1.02. The molecule has 2 heterocycles. The van der Waals surface area contributed by atoms with Gasteiger partial charge in [0.2, 0.25) is 18.6 Å². The van der Waals surface area contributed by atoms with E-state index < -0.39 is 5.25 Å². The summed E-state index contributed by atoms with van der Waals surface area (Å²) in [5, 5.41) is 3.02. The van der Waals surface area contributed by atoms with Crippen LogP contribution in [-0.4, -0.2) is 33.9 Å². The molecule has 37 heavy (non-hydrogen) atoms. The van der Waals surface area contributed by atoms with Crippen molar-refractivity contribution in [2.24, 2.45) is 4.99 Å². The van der Waals surface area contributed by atoms with E-state index in [4.69, 9.17) is 14.5 Å². The van der Waals surface area contributed by atoms with Crippen LogP contribution in [0.5, 0.6) is 11.5 Å². The Labute approximate surface area is 220 Å². The first kappa shape index (κ1) is 24.9. The molecule has 2 aliphatic rings. The van der Waals surface area contributed by atoms with Crippen LogP contribution in [-0.2, 0) is 16.1 Å². The van der Waals surface area contributed by atoms with Crippen LogP contribution in [0.25, 0.3) is 0 Å². The predicted molar refractivity (Wildman–Crippen MR) is 147 cm³/mol. The summed E-state index contributed by atoms with van der Waals surface area (Å²) in [6.07, 6.45) is 0.0563. The molecular weight excluding hydrogens is 486 g/mol. The fourth-order valence-corrected chi connectivity index (χ4v) is 5.75. The molecule has 3 aromatic carbocycles. The molecular formula is C29H29N3O4S. The molecule has 0 saturated carbocycles. The highest BCUT2D eigenvalue weighted by molar-refractivity contribution is 8.15. The Hall–Kier alpha value is -3.78. The van der Waals surface area contributed by atoms with Gasteiger partial charge in [-0.15, -0.1) is 0 Å². The van der Waals surface area contributed by atoms with Crippen LogP contribution in [0, 0.1) is 27.7 Å². The summed E-state index contributed by atoms with van der Waals surface area (Å²) >= 11 is 1.34. The molecule has 2 amide bonds. The number of thioether (sulfide) groups is 1. The van der Waals surface area contributed by atoms with Gasteiger partial charge in [0, 0.05) is 12.1 Å². The maximum absolute atomic E-state index is 13.6. The molecule has 0 aliphatic carbocycles. The van der Waals surface area contributed by atoms with Crippen molar-refractivity contribution < 1.29 is 19.1 Å². The van der Waals surface area contributed by atoms with Gasteiger partial charge >= 0.3 is 0 Å². The van der Waals surface area contributed by atoms with E-state index >= 15 is 0 Å². The van der Waals surface area contributed by atoms with Crippen molar-refractivity contribution in [1.82, 2.24) is 4.90 Å². The Balaban J connectivity index is 1.40. The minimum atomic E-state index is -0.567. The zero-order valence-electron chi connectivity index (χ0n) is 21.3. The number of carbonyl (C=O) groups excluding carboxylic acids is 2. The molecule has 5 rings (SSSR count). The number of rotatable bonds is 6.